The summed E-state index contributed by atoms with van der Waals surface area (Å²) in [6, 6.07) is 6.05. The fourth-order valence-electron chi connectivity index (χ4n) is 1.87. The van der Waals surface area contributed by atoms with Crippen LogP contribution in [0.5, 0.6) is 0 Å². The number of esters is 1. The molecule has 2 rings (SSSR count). The zero-order valence-electron chi connectivity index (χ0n) is 11.2. The van der Waals surface area contributed by atoms with E-state index in [1.54, 1.807) is 26.0 Å². The molecule has 0 N–H and O–H groups in total. The van der Waals surface area contributed by atoms with Crippen LogP contribution in [0.25, 0.3) is 0 Å². The lowest BCUT2D eigenvalue weighted by atomic mass is 10.2. The predicted octanol–water partition coefficient (Wildman–Crippen LogP) is 3.21. The fraction of sp³-hybridized carbons (Fsp3) is 0.286. The van der Waals surface area contributed by atoms with E-state index in [-0.39, 0.29) is 18.8 Å². The second kappa shape index (κ2) is 6.05. The van der Waals surface area contributed by atoms with E-state index in [2.05, 4.69) is 5.10 Å². The Morgan fingerprint density at radius 2 is 2.25 bits per heavy atom. The van der Waals surface area contributed by atoms with Crippen molar-refractivity contribution in [1.29, 1.82) is 0 Å². The largest absolute Gasteiger partial charge is 0.461 e. The van der Waals surface area contributed by atoms with Gasteiger partial charge in [0.1, 0.15) is 11.5 Å². The molecule has 1 heterocycles. The van der Waals surface area contributed by atoms with Crippen molar-refractivity contribution in [2.75, 3.05) is 6.61 Å². The van der Waals surface area contributed by atoms with Gasteiger partial charge in [0.2, 0.25) is 0 Å². The maximum atomic E-state index is 13.8. The number of ether oxygens (including phenoxy) is 1. The lowest BCUT2D eigenvalue weighted by Gasteiger charge is -2.09. The Morgan fingerprint density at radius 3 is 2.90 bits per heavy atom. The van der Waals surface area contributed by atoms with Crippen molar-refractivity contribution in [2.24, 2.45) is 0 Å². The minimum atomic E-state index is -0.486. The minimum Gasteiger partial charge on any atom is -0.461 e. The number of rotatable bonds is 4. The van der Waals surface area contributed by atoms with Crippen molar-refractivity contribution >= 4 is 17.6 Å². The predicted molar refractivity (Wildman–Crippen MR) is 73.4 cm³/mol. The first-order valence-corrected chi connectivity index (χ1v) is 6.55. The number of benzene rings is 1. The van der Waals surface area contributed by atoms with Gasteiger partial charge in [0.05, 0.1) is 18.8 Å². The maximum absolute atomic E-state index is 13.8. The van der Waals surface area contributed by atoms with Crippen LogP contribution in [0.1, 0.15) is 28.7 Å². The molecule has 0 atom stereocenters. The van der Waals surface area contributed by atoms with Gasteiger partial charge in [-0.15, -0.1) is 0 Å². The lowest BCUT2D eigenvalue weighted by Crippen LogP contribution is -2.14. The minimum absolute atomic E-state index is 0.0769. The normalized spacial score (nSPS) is 10.6. The molecule has 2 aromatic rings. The number of hydrogen-bond acceptors (Lipinski definition) is 3. The maximum Gasteiger partial charge on any atom is 0.356 e. The number of halogens is 2. The third kappa shape index (κ3) is 2.99. The van der Waals surface area contributed by atoms with Gasteiger partial charge in [-0.25, -0.2) is 9.18 Å². The zero-order valence-corrected chi connectivity index (χ0v) is 11.9. The molecule has 4 nitrogen and oxygen atoms in total. The number of carbonyl (C=O) groups is 1. The topological polar surface area (TPSA) is 44.1 Å². The monoisotopic (exact) mass is 296 g/mol. The lowest BCUT2D eigenvalue weighted by molar-refractivity contribution is 0.0512. The molecule has 1 aromatic heterocycles. The Kier molecular flexibility index (Phi) is 4.39. The Morgan fingerprint density at radius 1 is 1.50 bits per heavy atom. The summed E-state index contributed by atoms with van der Waals surface area (Å²) in [6.45, 7) is 3.82. The summed E-state index contributed by atoms with van der Waals surface area (Å²) in [5.41, 5.74) is 1.23. The van der Waals surface area contributed by atoms with Gasteiger partial charge in [-0.1, -0.05) is 17.7 Å². The molecule has 20 heavy (non-hydrogen) atoms. The first-order valence-electron chi connectivity index (χ1n) is 6.17. The molecule has 0 bridgehead atoms. The van der Waals surface area contributed by atoms with Gasteiger partial charge in [-0.2, -0.15) is 5.10 Å². The summed E-state index contributed by atoms with van der Waals surface area (Å²) in [4.78, 5) is 11.8. The van der Waals surface area contributed by atoms with Crippen LogP contribution in [-0.2, 0) is 11.3 Å². The Balaban J connectivity index is 2.36. The highest BCUT2D eigenvalue weighted by molar-refractivity contribution is 6.31. The van der Waals surface area contributed by atoms with Crippen molar-refractivity contribution in [3.63, 3.8) is 0 Å². The second-order valence-corrected chi connectivity index (χ2v) is 4.66. The van der Waals surface area contributed by atoms with Crippen LogP contribution < -0.4 is 0 Å². The zero-order chi connectivity index (χ0) is 14.7. The average molecular weight is 297 g/mol. The molecule has 106 valence electrons. The molecule has 0 saturated carbocycles. The van der Waals surface area contributed by atoms with Crippen LogP contribution >= 0.6 is 11.6 Å². The molecule has 6 heteroatoms. The van der Waals surface area contributed by atoms with Gasteiger partial charge in [0.25, 0.3) is 0 Å². The van der Waals surface area contributed by atoms with Crippen molar-refractivity contribution in [1.82, 2.24) is 9.78 Å². The molecule has 0 spiro atoms. The third-order valence-corrected chi connectivity index (χ3v) is 3.11. The number of hydrogen-bond donors (Lipinski definition) is 0. The van der Waals surface area contributed by atoms with Crippen LogP contribution in [0, 0.1) is 12.7 Å². The van der Waals surface area contributed by atoms with E-state index < -0.39 is 11.8 Å². The van der Waals surface area contributed by atoms with Gasteiger partial charge in [0, 0.05) is 10.6 Å². The summed E-state index contributed by atoms with van der Waals surface area (Å²) >= 11 is 5.98. The van der Waals surface area contributed by atoms with Gasteiger partial charge >= 0.3 is 5.97 Å². The Bertz CT molecular complexity index is 620. The van der Waals surface area contributed by atoms with Crippen LogP contribution in [0.15, 0.2) is 24.3 Å². The van der Waals surface area contributed by atoms with Gasteiger partial charge in [-0.05, 0) is 32.0 Å². The summed E-state index contributed by atoms with van der Waals surface area (Å²) in [7, 11) is 0. The Hall–Kier alpha value is -1.88. The van der Waals surface area contributed by atoms with E-state index in [1.165, 1.54) is 16.8 Å². The van der Waals surface area contributed by atoms with E-state index in [9.17, 15) is 9.18 Å². The SMILES string of the molecule is CCOC(=O)c1cc(C)nn1Cc1c(F)cccc1Cl. The highest BCUT2D eigenvalue weighted by Crippen LogP contribution is 2.21. The number of nitrogens with zero attached hydrogens (tertiary/aromatic N) is 2. The number of carbonyl (C=O) groups excluding carboxylic acids is 1. The number of aryl methyl sites for hydroxylation is 1. The molecule has 0 unspecified atom stereocenters. The molecule has 0 aliphatic heterocycles. The van der Waals surface area contributed by atoms with Crippen molar-refractivity contribution in [3.8, 4) is 0 Å². The van der Waals surface area contributed by atoms with E-state index in [0.717, 1.165) is 0 Å². The molecule has 0 aliphatic rings. The van der Waals surface area contributed by atoms with Gasteiger partial charge < -0.3 is 4.74 Å². The first kappa shape index (κ1) is 14.5. The molecular weight excluding hydrogens is 283 g/mol. The summed E-state index contributed by atoms with van der Waals surface area (Å²) < 4.78 is 20.1. The van der Waals surface area contributed by atoms with E-state index in [0.29, 0.717) is 16.3 Å². The highest BCUT2D eigenvalue weighted by Gasteiger charge is 2.17. The molecule has 0 fully saturated rings. The summed E-state index contributed by atoms with van der Waals surface area (Å²) in [5.74, 6) is -0.916. The van der Waals surface area contributed by atoms with Crippen molar-refractivity contribution < 1.29 is 13.9 Å². The quantitative estimate of drug-likeness (QED) is 0.814. The molecule has 0 aliphatic carbocycles. The highest BCUT2D eigenvalue weighted by atomic mass is 35.5. The fourth-order valence-corrected chi connectivity index (χ4v) is 2.09. The third-order valence-electron chi connectivity index (χ3n) is 2.76. The van der Waals surface area contributed by atoms with Gasteiger partial charge in [-0.3, -0.25) is 4.68 Å². The molecule has 1 aromatic carbocycles. The summed E-state index contributed by atoms with van der Waals surface area (Å²) in [6.07, 6.45) is 0. The van der Waals surface area contributed by atoms with Crippen LogP contribution in [0.2, 0.25) is 5.02 Å². The molecular formula is C14H14ClFN2O2. The smallest absolute Gasteiger partial charge is 0.356 e. The summed E-state index contributed by atoms with van der Waals surface area (Å²) in [5, 5.41) is 4.48. The van der Waals surface area contributed by atoms with E-state index in [1.807, 2.05) is 0 Å². The van der Waals surface area contributed by atoms with E-state index >= 15 is 0 Å². The average Bonchev–Trinajstić information content (AvgIpc) is 2.75. The van der Waals surface area contributed by atoms with Crippen LogP contribution in [0.3, 0.4) is 0 Å². The standard InChI is InChI=1S/C14H14ClFN2O2/c1-3-20-14(19)13-7-9(2)17-18(13)8-10-11(15)5-4-6-12(10)16/h4-7H,3,8H2,1-2H3. The van der Waals surface area contributed by atoms with Crippen molar-refractivity contribution in [3.05, 3.63) is 52.1 Å². The van der Waals surface area contributed by atoms with Crippen LogP contribution in [-0.4, -0.2) is 22.4 Å². The van der Waals surface area contributed by atoms with E-state index in [4.69, 9.17) is 16.3 Å². The van der Waals surface area contributed by atoms with Crippen molar-refractivity contribution in [2.45, 2.75) is 20.4 Å². The second-order valence-electron chi connectivity index (χ2n) is 4.25. The van der Waals surface area contributed by atoms with Crippen LogP contribution in [0.4, 0.5) is 4.39 Å². The molecule has 0 amide bonds. The number of aromatic nitrogens is 2. The molecule has 0 radical (unpaired) electrons. The molecule has 0 saturated heterocycles. The van der Waals surface area contributed by atoms with Gasteiger partial charge in [0.15, 0.2) is 0 Å². The first-order chi connectivity index (χ1) is 9.52. The Labute approximate surface area is 121 Å².